The van der Waals surface area contributed by atoms with E-state index in [1.807, 2.05) is 36.4 Å². The molecule has 2 aromatic carbocycles. The lowest BCUT2D eigenvalue weighted by Crippen LogP contribution is -2.43. The van der Waals surface area contributed by atoms with Crippen LogP contribution < -0.4 is 14.8 Å². The number of rotatable bonds is 6. The van der Waals surface area contributed by atoms with E-state index in [0.29, 0.717) is 19.8 Å². The molecule has 2 aliphatic rings. The number of carbonyl (C=O) groups excluding carboxylic acids is 1. The maximum absolute atomic E-state index is 13.2. The Bertz CT molecular complexity index is 787. The fourth-order valence-electron chi connectivity index (χ4n) is 3.99. The van der Waals surface area contributed by atoms with Gasteiger partial charge in [-0.3, -0.25) is 4.79 Å². The van der Waals surface area contributed by atoms with Gasteiger partial charge in [-0.2, -0.15) is 0 Å². The molecule has 0 unspecified atom stereocenters. The lowest BCUT2D eigenvalue weighted by molar-refractivity contribution is -0.126. The van der Waals surface area contributed by atoms with Gasteiger partial charge in [0.2, 0.25) is 5.91 Å². The Labute approximate surface area is 164 Å². The lowest BCUT2D eigenvalue weighted by Gasteiger charge is -2.30. The molecule has 1 aliphatic heterocycles. The van der Waals surface area contributed by atoms with Crippen LogP contribution in [0.2, 0.25) is 0 Å². The van der Waals surface area contributed by atoms with Crippen molar-refractivity contribution in [3.05, 3.63) is 54.1 Å². The Balaban J connectivity index is 1.42. The Morgan fingerprint density at radius 1 is 1.00 bits per heavy atom. The van der Waals surface area contributed by atoms with Gasteiger partial charge in [0, 0.05) is 17.2 Å². The van der Waals surface area contributed by atoms with E-state index in [4.69, 9.17) is 9.47 Å². The first-order chi connectivity index (χ1) is 13.3. The highest BCUT2D eigenvalue weighted by Gasteiger charge is 2.43. The van der Waals surface area contributed by atoms with Crippen LogP contribution in [0, 0.1) is 0 Å². The fourth-order valence-corrected chi connectivity index (χ4v) is 4.78. The van der Waals surface area contributed by atoms with Gasteiger partial charge < -0.3 is 14.8 Å². The molecule has 27 heavy (non-hydrogen) atoms. The monoisotopic (exact) mass is 383 g/mol. The molecule has 5 heteroatoms. The summed E-state index contributed by atoms with van der Waals surface area (Å²) >= 11 is 1.77. The highest BCUT2D eigenvalue weighted by molar-refractivity contribution is 7.99. The molecule has 0 bridgehead atoms. The van der Waals surface area contributed by atoms with E-state index in [0.717, 1.165) is 48.5 Å². The molecule has 1 aliphatic carbocycles. The predicted octanol–water partition coefficient (Wildman–Crippen LogP) is 4.18. The van der Waals surface area contributed by atoms with Crippen molar-refractivity contribution in [1.82, 2.24) is 5.32 Å². The Morgan fingerprint density at radius 3 is 2.52 bits per heavy atom. The Kier molecular flexibility index (Phi) is 5.58. The van der Waals surface area contributed by atoms with Crippen LogP contribution in [0.3, 0.4) is 0 Å². The van der Waals surface area contributed by atoms with Gasteiger partial charge in [-0.25, -0.2) is 0 Å². The fraction of sp³-hybridized carbons (Fsp3) is 0.409. The van der Waals surface area contributed by atoms with Gasteiger partial charge in [0.05, 0.1) is 5.41 Å². The second kappa shape index (κ2) is 8.26. The van der Waals surface area contributed by atoms with Crippen LogP contribution in [-0.4, -0.2) is 31.4 Å². The summed E-state index contributed by atoms with van der Waals surface area (Å²) in [4.78, 5) is 14.4. The quantitative estimate of drug-likeness (QED) is 0.601. The van der Waals surface area contributed by atoms with E-state index in [1.165, 1.54) is 4.90 Å². The first-order valence-electron chi connectivity index (χ1n) is 9.64. The molecule has 1 heterocycles. The van der Waals surface area contributed by atoms with Crippen LogP contribution in [0.1, 0.15) is 31.2 Å². The number of carbonyl (C=O) groups is 1. The molecule has 1 saturated carbocycles. The molecule has 0 saturated heterocycles. The van der Waals surface area contributed by atoms with Crippen molar-refractivity contribution < 1.29 is 14.3 Å². The van der Waals surface area contributed by atoms with Crippen molar-refractivity contribution in [3.63, 3.8) is 0 Å². The largest absolute Gasteiger partial charge is 0.486 e. The van der Waals surface area contributed by atoms with E-state index in [2.05, 4.69) is 17.4 Å². The summed E-state index contributed by atoms with van der Waals surface area (Å²) < 4.78 is 11.4. The number of hydrogen-bond donors (Lipinski definition) is 1. The van der Waals surface area contributed by atoms with Gasteiger partial charge >= 0.3 is 0 Å². The van der Waals surface area contributed by atoms with Crippen molar-refractivity contribution in [2.24, 2.45) is 0 Å². The summed E-state index contributed by atoms with van der Waals surface area (Å²) in [5.74, 6) is 2.55. The van der Waals surface area contributed by atoms with Crippen molar-refractivity contribution >= 4 is 17.7 Å². The van der Waals surface area contributed by atoms with Gasteiger partial charge in [-0.1, -0.05) is 37.1 Å². The van der Waals surface area contributed by atoms with Crippen LogP contribution >= 0.6 is 11.8 Å². The van der Waals surface area contributed by atoms with Crippen LogP contribution in [0.15, 0.2) is 53.4 Å². The molecule has 1 fully saturated rings. The van der Waals surface area contributed by atoms with Gasteiger partial charge in [-0.05, 0) is 42.7 Å². The summed E-state index contributed by atoms with van der Waals surface area (Å²) in [5, 5.41) is 3.18. The number of nitrogens with one attached hydrogen (secondary N) is 1. The van der Waals surface area contributed by atoms with E-state index in [9.17, 15) is 4.79 Å². The Hall–Kier alpha value is -2.14. The van der Waals surface area contributed by atoms with Crippen LogP contribution in [-0.2, 0) is 10.2 Å². The molecule has 2 aromatic rings. The molecular weight excluding hydrogens is 358 g/mol. The van der Waals surface area contributed by atoms with Crippen LogP contribution in [0.25, 0.3) is 0 Å². The molecule has 4 nitrogen and oxygen atoms in total. The first-order valence-corrected chi connectivity index (χ1v) is 10.6. The van der Waals surface area contributed by atoms with Crippen molar-refractivity contribution in [1.29, 1.82) is 0 Å². The molecule has 0 spiro atoms. The molecular formula is C22H25NO3S. The molecule has 1 amide bonds. The van der Waals surface area contributed by atoms with E-state index in [1.54, 1.807) is 11.8 Å². The topological polar surface area (TPSA) is 47.6 Å². The zero-order valence-corrected chi connectivity index (χ0v) is 16.2. The minimum atomic E-state index is -0.437. The van der Waals surface area contributed by atoms with E-state index in [-0.39, 0.29) is 5.91 Å². The highest BCUT2D eigenvalue weighted by Crippen LogP contribution is 2.44. The molecule has 0 radical (unpaired) electrons. The van der Waals surface area contributed by atoms with Crippen molar-refractivity contribution in [2.75, 3.05) is 25.5 Å². The standard InChI is InChI=1S/C22H25NO3S/c24-21(23-12-15-27-18-6-2-1-3-7-18)22(10-4-5-11-22)17-8-9-19-20(16-17)26-14-13-25-19/h1-3,6-9,16H,4-5,10-15H2,(H,23,24). The lowest BCUT2D eigenvalue weighted by atomic mass is 9.77. The third kappa shape index (κ3) is 3.93. The molecule has 1 N–H and O–H groups in total. The van der Waals surface area contributed by atoms with Gasteiger partial charge in [0.25, 0.3) is 0 Å². The summed E-state index contributed by atoms with van der Waals surface area (Å²) in [6.07, 6.45) is 3.95. The zero-order chi connectivity index (χ0) is 18.5. The predicted molar refractivity (Wildman–Crippen MR) is 108 cm³/mol. The van der Waals surface area contributed by atoms with E-state index < -0.39 is 5.41 Å². The first kappa shape index (κ1) is 18.2. The SMILES string of the molecule is O=C(NCCSc1ccccc1)C1(c2ccc3c(c2)OCCO3)CCCC1. The third-order valence-corrected chi connectivity index (χ3v) is 6.40. The number of hydrogen-bond acceptors (Lipinski definition) is 4. The minimum Gasteiger partial charge on any atom is -0.486 e. The summed E-state index contributed by atoms with van der Waals surface area (Å²) in [6, 6.07) is 16.3. The number of benzene rings is 2. The summed E-state index contributed by atoms with van der Waals surface area (Å²) in [6.45, 7) is 1.81. The maximum atomic E-state index is 13.2. The minimum absolute atomic E-state index is 0.144. The van der Waals surface area contributed by atoms with Crippen molar-refractivity contribution in [2.45, 2.75) is 36.0 Å². The molecule has 142 valence electrons. The maximum Gasteiger partial charge on any atom is 0.230 e. The van der Waals surface area contributed by atoms with Gasteiger partial charge in [0.15, 0.2) is 11.5 Å². The van der Waals surface area contributed by atoms with Gasteiger partial charge in [-0.15, -0.1) is 11.8 Å². The number of ether oxygens (including phenoxy) is 2. The third-order valence-electron chi connectivity index (χ3n) is 5.39. The van der Waals surface area contributed by atoms with Crippen molar-refractivity contribution in [3.8, 4) is 11.5 Å². The molecule has 4 rings (SSSR count). The average molecular weight is 384 g/mol. The second-order valence-corrected chi connectivity index (χ2v) is 8.23. The molecule has 0 atom stereocenters. The summed E-state index contributed by atoms with van der Waals surface area (Å²) in [5.41, 5.74) is 0.616. The van der Waals surface area contributed by atoms with Crippen LogP contribution in [0.5, 0.6) is 11.5 Å². The second-order valence-electron chi connectivity index (χ2n) is 7.07. The van der Waals surface area contributed by atoms with E-state index >= 15 is 0 Å². The number of fused-ring (bicyclic) bond motifs is 1. The zero-order valence-electron chi connectivity index (χ0n) is 15.4. The smallest absolute Gasteiger partial charge is 0.230 e. The molecule has 0 aromatic heterocycles. The number of thioether (sulfide) groups is 1. The van der Waals surface area contributed by atoms with Crippen LogP contribution in [0.4, 0.5) is 0 Å². The normalized spacial score (nSPS) is 17.5. The van der Waals surface area contributed by atoms with Gasteiger partial charge in [0.1, 0.15) is 13.2 Å². The average Bonchev–Trinajstić information content (AvgIpc) is 3.23. The highest BCUT2D eigenvalue weighted by atomic mass is 32.2. The number of amides is 1. The summed E-state index contributed by atoms with van der Waals surface area (Å²) in [7, 11) is 0. The Morgan fingerprint density at radius 2 is 1.74 bits per heavy atom.